The maximum Gasteiger partial charge on any atom is 0.243 e. The summed E-state index contributed by atoms with van der Waals surface area (Å²) in [7, 11) is -3.83. The normalized spacial score (nSPS) is 15.2. The number of sulfonamides is 1. The maximum absolute atomic E-state index is 14.2. The molecule has 5 rings (SSSR count). The molecule has 1 saturated heterocycles. The lowest BCUT2D eigenvalue weighted by molar-refractivity contribution is 0.383. The molecule has 14 heteroatoms. The SMILES string of the molecule is O=S(=O)(c1ccc(F)c(-c2nn[nH]n2)c1)N1CCN(c2cc(-n3ccnc3)ncn2)CC1. The van der Waals surface area contributed by atoms with Crippen LogP contribution in [0.5, 0.6) is 0 Å². The Labute approximate surface area is 181 Å². The van der Waals surface area contributed by atoms with Crippen molar-refractivity contribution in [2.24, 2.45) is 0 Å². The van der Waals surface area contributed by atoms with Crippen molar-refractivity contribution in [1.29, 1.82) is 0 Å². The summed E-state index contributed by atoms with van der Waals surface area (Å²) in [6.45, 7) is 1.39. The topological polar surface area (TPSA) is 139 Å². The first-order chi connectivity index (χ1) is 15.5. The first kappa shape index (κ1) is 20.1. The van der Waals surface area contributed by atoms with Gasteiger partial charge in [0.05, 0.1) is 10.5 Å². The Balaban J connectivity index is 1.33. The molecule has 0 atom stereocenters. The number of H-pyrrole nitrogens is 1. The molecule has 1 aliphatic heterocycles. The van der Waals surface area contributed by atoms with Crippen LogP contribution in [0.15, 0.2) is 54.2 Å². The van der Waals surface area contributed by atoms with Gasteiger partial charge in [-0.2, -0.15) is 9.52 Å². The summed E-state index contributed by atoms with van der Waals surface area (Å²) in [5, 5.41) is 13.1. The fourth-order valence-electron chi connectivity index (χ4n) is 3.46. The summed E-state index contributed by atoms with van der Waals surface area (Å²) in [6, 6.07) is 5.38. The molecule has 1 aliphatic rings. The van der Waals surface area contributed by atoms with E-state index in [0.717, 1.165) is 6.07 Å². The summed E-state index contributed by atoms with van der Waals surface area (Å²) in [6.07, 6.45) is 6.54. The zero-order valence-corrected chi connectivity index (χ0v) is 17.4. The van der Waals surface area contributed by atoms with Crippen LogP contribution in [0.25, 0.3) is 17.2 Å². The number of nitrogens with one attached hydrogen (secondary N) is 1. The second kappa shape index (κ2) is 8.05. The second-order valence-electron chi connectivity index (χ2n) is 6.97. The predicted molar refractivity (Wildman–Crippen MR) is 110 cm³/mol. The lowest BCUT2D eigenvalue weighted by Crippen LogP contribution is -2.49. The Kier molecular flexibility index (Phi) is 5.07. The summed E-state index contributed by atoms with van der Waals surface area (Å²) < 4.78 is 43.6. The Bertz CT molecular complexity index is 1320. The number of piperazine rings is 1. The number of rotatable bonds is 5. The lowest BCUT2D eigenvalue weighted by atomic mass is 10.2. The Morgan fingerprint density at radius 3 is 2.56 bits per heavy atom. The standard InChI is InChI=1S/C18H17FN10O2S/c19-15-2-1-13(9-14(15)18-23-25-26-24-18)32(30,31)29-7-5-27(6-8-29)16-10-17(22-11-21-16)28-4-3-20-12-28/h1-4,9-12H,5-8H2,(H,23,24,25,26). The van der Waals surface area contributed by atoms with Crippen molar-refractivity contribution in [3.8, 4) is 17.2 Å². The van der Waals surface area contributed by atoms with Gasteiger partial charge in [-0.15, -0.1) is 10.2 Å². The van der Waals surface area contributed by atoms with E-state index < -0.39 is 15.8 Å². The molecule has 0 saturated carbocycles. The Morgan fingerprint density at radius 1 is 1.03 bits per heavy atom. The van der Waals surface area contributed by atoms with Crippen LogP contribution in [0.1, 0.15) is 0 Å². The molecule has 4 heterocycles. The Hall–Kier alpha value is -3.78. The molecule has 0 amide bonds. The maximum atomic E-state index is 14.2. The number of hydrogen-bond donors (Lipinski definition) is 1. The summed E-state index contributed by atoms with van der Waals surface area (Å²) in [5.41, 5.74) is -0.0357. The number of nitrogens with zero attached hydrogens (tertiary/aromatic N) is 9. The molecule has 32 heavy (non-hydrogen) atoms. The highest BCUT2D eigenvalue weighted by atomic mass is 32.2. The van der Waals surface area contributed by atoms with Crippen molar-refractivity contribution in [3.05, 3.63) is 55.1 Å². The van der Waals surface area contributed by atoms with E-state index in [1.807, 2.05) is 11.0 Å². The van der Waals surface area contributed by atoms with Gasteiger partial charge in [0, 0.05) is 44.6 Å². The van der Waals surface area contributed by atoms with Crippen molar-refractivity contribution < 1.29 is 12.8 Å². The molecule has 0 unspecified atom stereocenters. The molecule has 1 aromatic carbocycles. The highest BCUT2D eigenvalue weighted by Gasteiger charge is 2.30. The number of imidazole rings is 1. The molecule has 164 valence electrons. The number of aromatic amines is 1. The average Bonchev–Trinajstić information content (AvgIpc) is 3.54. The van der Waals surface area contributed by atoms with E-state index in [9.17, 15) is 12.8 Å². The number of hydrogen-bond acceptors (Lipinski definition) is 9. The molecule has 12 nitrogen and oxygen atoms in total. The van der Waals surface area contributed by atoms with Gasteiger partial charge in [-0.05, 0) is 23.4 Å². The number of anilines is 1. The van der Waals surface area contributed by atoms with E-state index in [0.29, 0.717) is 24.7 Å². The van der Waals surface area contributed by atoms with Crippen LogP contribution < -0.4 is 4.90 Å². The van der Waals surface area contributed by atoms with E-state index in [4.69, 9.17) is 0 Å². The van der Waals surface area contributed by atoms with Gasteiger partial charge in [-0.3, -0.25) is 4.57 Å². The molecule has 4 aromatic rings. The highest BCUT2D eigenvalue weighted by molar-refractivity contribution is 7.89. The van der Waals surface area contributed by atoms with Gasteiger partial charge in [0.2, 0.25) is 15.8 Å². The molecule has 3 aromatic heterocycles. The average molecular weight is 456 g/mol. The fourth-order valence-corrected chi connectivity index (χ4v) is 4.91. The van der Waals surface area contributed by atoms with Gasteiger partial charge in [-0.25, -0.2) is 27.8 Å². The van der Waals surface area contributed by atoms with Crippen molar-refractivity contribution in [1.82, 2.24) is 44.4 Å². The minimum absolute atomic E-state index is 0.0122. The molecule has 0 bridgehead atoms. The molecule has 0 spiro atoms. The minimum Gasteiger partial charge on any atom is -0.354 e. The van der Waals surface area contributed by atoms with E-state index in [1.165, 1.54) is 22.8 Å². The van der Waals surface area contributed by atoms with Crippen molar-refractivity contribution in [2.45, 2.75) is 4.90 Å². The number of tetrazole rings is 1. The number of aromatic nitrogens is 8. The van der Waals surface area contributed by atoms with Crippen LogP contribution in [-0.2, 0) is 10.0 Å². The summed E-state index contributed by atoms with van der Waals surface area (Å²) in [5.74, 6) is 0.722. The van der Waals surface area contributed by atoms with E-state index in [2.05, 4.69) is 35.6 Å². The minimum atomic E-state index is -3.83. The molecule has 0 aliphatic carbocycles. The zero-order chi connectivity index (χ0) is 22.1. The van der Waals surface area contributed by atoms with Gasteiger partial charge < -0.3 is 4.90 Å². The van der Waals surface area contributed by atoms with Crippen molar-refractivity contribution >= 4 is 15.8 Å². The quantitative estimate of drug-likeness (QED) is 0.454. The first-order valence-electron chi connectivity index (χ1n) is 9.61. The molecular formula is C18H17FN10O2S. The lowest BCUT2D eigenvalue weighted by Gasteiger charge is -2.34. The summed E-state index contributed by atoms with van der Waals surface area (Å²) in [4.78, 5) is 14.5. The Morgan fingerprint density at radius 2 is 1.84 bits per heavy atom. The highest BCUT2D eigenvalue weighted by Crippen LogP contribution is 2.26. The molecular weight excluding hydrogens is 439 g/mol. The van der Waals surface area contributed by atoms with Gasteiger partial charge in [0.25, 0.3) is 0 Å². The fraction of sp³-hybridized carbons (Fsp3) is 0.222. The van der Waals surface area contributed by atoms with Crippen molar-refractivity contribution in [2.75, 3.05) is 31.1 Å². The number of benzene rings is 1. The monoisotopic (exact) mass is 456 g/mol. The smallest absolute Gasteiger partial charge is 0.243 e. The van der Waals surface area contributed by atoms with E-state index in [1.54, 1.807) is 23.3 Å². The number of halogens is 1. The van der Waals surface area contributed by atoms with E-state index in [-0.39, 0.29) is 29.4 Å². The van der Waals surface area contributed by atoms with Gasteiger partial charge in [0.15, 0.2) is 0 Å². The second-order valence-corrected chi connectivity index (χ2v) is 8.91. The third-order valence-corrected chi connectivity index (χ3v) is 7.03. The molecule has 1 N–H and O–H groups in total. The molecule has 0 radical (unpaired) electrons. The van der Waals surface area contributed by atoms with Crippen LogP contribution in [-0.4, -0.2) is 79.0 Å². The van der Waals surface area contributed by atoms with Crippen LogP contribution in [0.3, 0.4) is 0 Å². The van der Waals surface area contributed by atoms with Crippen LogP contribution in [0.4, 0.5) is 10.2 Å². The van der Waals surface area contributed by atoms with Crippen molar-refractivity contribution in [3.63, 3.8) is 0 Å². The molecule has 1 fully saturated rings. The van der Waals surface area contributed by atoms with E-state index >= 15 is 0 Å². The third-order valence-electron chi connectivity index (χ3n) is 5.13. The van der Waals surface area contributed by atoms with Gasteiger partial charge in [-0.1, -0.05) is 0 Å². The van der Waals surface area contributed by atoms with Gasteiger partial charge >= 0.3 is 0 Å². The van der Waals surface area contributed by atoms with Crippen LogP contribution >= 0.6 is 0 Å². The largest absolute Gasteiger partial charge is 0.354 e. The van der Waals surface area contributed by atoms with Crippen LogP contribution in [0, 0.1) is 5.82 Å². The zero-order valence-electron chi connectivity index (χ0n) is 16.6. The first-order valence-corrected chi connectivity index (χ1v) is 11.1. The third kappa shape index (κ3) is 3.69. The van der Waals surface area contributed by atoms with Crippen LogP contribution in [0.2, 0.25) is 0 Å². The van der Waals surface area contributed by atoms with Gasteiger partial charge in [0.1, 0.15) is 30.1 Å². The predicted octanol–water partition coefficient (Wildman–Crippen LogP) is 0.492. The summed E-state index contributed by atoms with van der Waals surface area (Å²) >= 11 is 0.